The van der Waals surface area contributed by atoms with Crippen molar-refractivity contribution in [1.82, 2.24) is 0 Å². The van der Waals surface area contributed by atoms with E-state index in [2.05, 4.69) is 84.9 Å². The van der Waals surface area contributed by atoms with Crippen LogP contribution in [0.1, 0.15) is 38.8 Å². The average molecular weight is 565 g/mol. The van der Waals surface area contributed by atoms with Gasteiger partial charge in [-0.05, 0) is 39.1 Å². The maximum absolute atomic E-state index is 9.08. The summed E-state index contributed by atoms with van der Waals surface area (Å²) < 4.78 is 54.5. The van der Waals surface area contributed by atoms with E-state index in [1.165, 1.54) is 32.7 Å². The minimum atomic E-state index is -3.92. The third-order valence-electron chi connectivity index (χ3n) is 4.14. The monoisotopic (exact) mass is 564 g/mol. The first-order valence-corrected chi connectivity index (χ1v) is 14.8. The molecule has 0 atom stereocenters. The van der Waals surface area contributed by atoms with Crippen LogP contribution in [0.4, 0.5) is 0 Å². The number of hydrogen-bond acceptors (Lipinski definition) is 6. The van der Waals surface area contributed by atoms with E-state index in [1.54, 1.807) is 0 Å². The van der Waals surface area contributed by atoms with Crippen LogP contribution < -0.4 is 59.1 Å². The summed E-state index contributed by atoms with van der Waals surface area (Å²) in [6.45, 7) is 8.00. The second-order valence-electron chi connectivity index (χ2n) is 6.86. The van der Waals surface area contributed by atoms with Gasteiger partial charge in [0.2, 0.25) is 0 Å². The Bertz CT molecular complexity index is 1260. The Labute approximate surface area is 267 Å². The molecule has 0 spiro atoms. The van der Waals surface area contributed by atoms with Crippen LogP contribution in [0.5, 0.6) is 0 Å². The van der Waals surface area contributed by atoms with Crippen LogP contribution in [0, 0.1) is 0 Å². The van der Waals surface area contributed by atoms with Crippen molar-refractivity contribution in [1.29, 1.82) is 0 Å². The molecule has 0 saturated carbocycles. The zero-order valence-electron chi connectivity index (χ0n) is 23.1. The maximum Gasteiger partial charge on any atom is 1.00 e. The standard InChI is InChI=1S/C21H16.2C2H6.2CH4O3S.2Na/c1-3-13-20-16(7-1)9-5-11-18(20)15-19-12-6-10-17-8-2-4-14-21(17)19;2*1-2;2*1-5(2,3)4;;/h1-14H,15H2;2*1-2H3;2*1H3,(H,2,3,4);;/q;;;;;2*+1/p-2. The number of rotatable bonds is 2. The summed E-state index contributed by atoms with van der Waals surface area (Å²) in [4.78, 5) is 0. The normalized spacial score (nSPS) is 9.73. The quantitative estimate of drug-likeness (QED) is 0.250. The van der Waals surface area contributed by atoms with Crippen molar-refractivity contribution in [2.45, 2.75) is 34.1 Å². The first kappa shape index (κ1) is 40.7. The zero-order valence-corrected chi connectivity index (χ0v) is 28.7. The maximum atomic E-state index is 9.08. The molecule has 6 nitrogen and oxygen atoms in total. The summed E-state index contributed by atoms with van der Waals surface area (Å²) in [5.74, 6) is 0. The molecule has 4 aromatic carbocycles. The van der Waals surface area contributed by atoms with Crippen molar-refractivity contribution in [2.75, 3.05) is 12.5 Å². The second kappa shape index (κ2) is 21.1. The predicted molar refractivity (Wildman–Crippen MR) is 145 cm³/mol. The van der Waals surface area contributed by atoms with Crippen LogP contribution in [-0.4, -0.2) is 38.5 Å². The van der Waals surface area contributed by atoms with E-state index >= 15 is 0 Å². The molecule has 192 valence electrons. The fourth-order valence-electron chi connectivity index (χ4n) is 3.10. The van der Waals surface area contributed by atoms with Crippen molar-refractivity contribution >= 4 is 41.8 Å². The summed E-state index contributed by atoms with van der Waals surface area (Å²) in [6, 6.07) is 30.4. The van der Waals surface area contributed by atoms with Gasteiger partial charge in [0.1, 0.15) is 0 Å². The summed E-state index contributed by atoms with van der Waals surface area (Å²) >= 11 is 0. The largest absolute Gasteiger partial charge is 1.00 e. The molecule has 0 aliphatic rings. The zero-order chi connectivity index (χ0) is 27.1. The molecule has 0 aliphatic heterocycles. The molecule has 0 saturated heterocycles. The van der Waals surface area contributed by atoms with Gasteiger partial charge in [-0.25, -0.2) is 16.8 Å². The SMILES string of the molecule is CC.CC.CS(=O)(=O)[O-].CS(=O)(=O)[O-].[Na+].[Na+].c1ccc2c(Cc3cccc4ccccc34)cccc2c1. The third kappa shape index (κ3) is 19.0. The summed E-state index contributed by atoms with van der Waals surface area (Å²) in [7, 11) is -7.83. The van der Waals surface area contributed by atoms with Gasteiger partial charge in [0.05, 0.1) is 20.2 Å². The predicted octanol–water partition coefficient (Wildman–Crippen LogP) is -0.0330. The average Bonchev–Trinajstić information content (AvgIpc) is 2.80. The minimum Gasteiger partial charge on any atom is -0.748 e. The van der Waals surface area contributed by atoms with Gasteiger partial charge in [0.25, 0.3) is 0 Å². The van der Waals surface area contributed by atoms with E-state index in [1.807, 2.05) is 27.7 Å². The van der Waals surface area contributed by atoms with E-state index in [9.17, 15) is 0 Å². The smallest absolute Gasteiger partial charge is 0.748 e. The topological polar surface area (TPSA) is 114 Å². The van der Waals surface area contributed by atoms with Crippen LogP contribution in [0.25, 0.3) is 21.5 Å². The van der Waals surface area contributed by atoms with Gasteiger partial charge < -0.3 is 9.11 Å². The molecule has 0 amide bonds. The van der Waals surface area contributed by atoms with Crippen molar-refractivity contribution in [2.24, 2.45) is 0 Å². The van der Waals surface area contributed by atoms with Gasteiger partial charge in [-0.1, -0.05) is 113 Å². The molecule has 0 radical (unpaired) electrons. The first-order chi connectivity index (χ1) is 16.4. The van der Waals surface area contributed by atoms with Crippen molar-refractivity contribution in [3.05, 3.63) is 96.1 Å². The van der Waals surface area contributed by atoms with Gasteiger partial charge >= 0.3 is 59.1 Å². The molecule has 0 unspecified atom stereocenters. The molecule has 0 aliphatic carbocycles. The molecule has 0 aromatic heterocycles. The van der Waals surface area contributed by atoms with Gasteiger partial charge in [-0.3, -0.25) is 0 Å². The van der Waals surface area contributed by atoms with Gasteiger partial charge in [-0.2, -0.15) is 0 Å². The molecular formula is C27H34Na2O6S2. The van der Waals surface area contributed by atoms with Crippen molar-refractivity contribution in [3.63, 3.8) is 0 Å². The summed E-state index contributed by atoms with van der Waals surface area (Å²) in [5.41, 5.74) is 2.79. The molecule has 4 aromatic rings. The first-order valence-electron chi connectivity index (χ1n) is 11.2. The Morgan fingerprint density at radius 1 is 0.514 bits per heavy atom. The number of hydrogen-bond donors (Lipinski definition) is 0. The third-order valence-corrected chi connectivity index (χ3v) is 4.14. The Morgan fingerprint density at radius 3 is 1.05 bits per heavy atom. The van der Waals surface area contributed by atoms with E-state index in [0.29, 0.717) is 12.5 Å². The molecule has 0 bridgehead atoms. The molecule has 10 heteroatoms. The van der Waals surface area contributed by atoms with Crippen LogP contribution in [0.3, 0.4) is 0 Å². The fraction of sp³-hybridized carbons (Fsp3) is 0.259. The molecule has 0 fully saturated rings. The van der Waals surface area contributed by atoms with E-state index < -0.39 is 20.2 Å². The molecule has 0 N–H and O–H groups in total. The van der Waals surface area contributed by atoms with Crippen LogP contribution in [-0.2, 0) is 26.7 Å². The van der Waals surface area contributed by atoms with Crippen molar-refractivity contribution in [3.8, 4) is 0 Å². The minimum absolute atomic E-state index is 0. The summed E-state index contributed by atoms with van der Waals surface area (Å²) in [5, 5.41) is 5.34. The van der Waals surface area contributed by atoms with E-state index in [4.69, 9.17) is 25.9 Å². The van der Waals surface area contributed by atoms with Crippen LogP contribution in [0.15, 0.2) is 84.9 Å². The Morgan fingerprint density at radius 2 is 0.757 bits per heavy atom. The molecular weight excluding hydrogens is 530 g/mol. The molecule has 37 heavy (non-hydrogen) atoms. The Balaban J connectivity index is -0.000000614. The second-order valence-corrected chi connectivity index (χ2v) is 9.68. The van der Waals surface area contributed by atoms with E-state index in [-0.39, 0.29) is 59.1 Å². The molecule has 0 heterocycles. The van der Waals surface area contributed by atoms with Gasteiger partial charge in [0, 0.05) is 12.5 Å². The number of fused-ring (bicyclic) bond motifs is 2. The molecule has 4 rings (SSSR count). The van der Waals surface area contributed by atoms with Crippen molar-refractivity contribution < 1.29 is 85.1 Å². The Kier molecular flexibility index (Phi) is 23.2. The van der Waals surface area contributed by atoms with Crippen LogP contribution >= 0.6 is 0 Å². The van der Waals surface area contributed by atoms with E-state index in [0.717, 1.165) is 6.42 Å². The van der Waals surface area contributed by atoms with Crippen LogP contribution in [0.2, 0.25) is 0 Å². The summed E-state index contributed by atoms with van der Waals surface area (Å²) in [6.07, 6.45) is 2.18. The van der Waals surface area contributed by atoms with Gasteiger partial charge in [0.15, 0.2) is 0 Å². The fourth-order valence-corrected chi connectivity index (χ4v) is 3.10. The van der Waals surface area contributed by atoms with Gasteiger partial charge in [-0.15, -0.1) is 0 Å². The Hall–Kier alpha value is -0.780. The number of benzene rings is 4.